The lowest BCUT2D eigenvalue weighted by Crippen LogP contribution is -2.05. The van der Waals surface area contributed by atoms with Gasteiger partial charge in [0, 0.05) is 13.0 Å². The highest BCUT2D eigenvalue weighted by Gasteiger charge is 2.13. The molecule has 2 aromatic rings. The molecule has 0 atom stereocenters. The zero-order valence-electron chi connectivity index (χ0n) is 11.5. The average molecular weight is 299 g/mol. The van der Waals surface area contributed by atoms with Crippen LogP contribution in [0.4, 0.5) is 0 Å². The fourth-order valence-electron chi connectivity index (χ4n) is 1.75. The maximum Gasteiger partial charge on any atom is 0.315 e. The second-order valence-corrected chi connectivity index (χ2v) is 4.68. The Kier molecular flexibility index (Phi) is 4.39. The molecule has 0 aliphatic rings. The topological polar surface area (TPSA) is 83.0 Å². The number of methoxy groups -OCH3 is 1. The summed E-state index contributed by atoms with van der Waals surface area (Å²) in [6, 6.07) is 0. The number of aryl methyl sites for hydroxylation is 3. The standard InChI is InChI=1S/C12H15ClN4O3/c1-7-12(13)8(2)17(16-7)5-4-9-14-15-10(20-9)6-11(18)19-3/h4-6H2,1-3H3. The van der Waals surface area contributed by atoms with Crippen LogP contribution in [0.25, 0.3) is 0 Å². The fourth-order valence-corrected chi connectivity index (χ4v) is 1.89. The van der Waals surface area contributed by atoms with Crippen molar-refractivity contribution in [1.29, 1.82) is 0 Å². The number of halogens is 1. The maximum absolute atomic E-state index is 11.1. The highest BCUT2D eigenvalue weighted by Crippen LogP contribution is 2.19. The molecule has 7 nitrogen and oxygen atoms in total. The first-order chi connectivity index (χ1) is 9.51. The van der Waals surface area contributed by atoms with E-state index in [-0.39, 0.29) is 12.3 Å². The number of hydrogen-bond donors (Lipinski definition) is 0. The molecule has 108 valence electrons. The van der Waals surface area contributed by atoms with Gasteiger partial charge in [-0.3, -0.25) is 9.48 Å². The first kappa shape index (κ1) is 14.5. The predicted molar refractivity (Wildman–Crippen MR) is 70.4 cm³/mol. The smallest absolute Gasteiger partial charge is 0.315 e. The molecule has 0 aliphatic carbocycles. The monoisotopic (exact) mass is 298 g/mol. The van der Waals surface area contributed by atoms with E-state index in [9.17, 15) is 4.79 Å². The second-order valence-electron chi connectivity index (χ2n) is 4.30. The Labute approximate surface area is 120 Å². The van der Waals surface area contributed by atoms with Gasteiger partial charge in [-0.1, -0.05) is 11.6 Å². The van der Waals surface area contributed by atoms with E-state index in [1.807, 2.05) is 13.8 Å². The summed E-state index contributed by atoms with van der Waals surface area (Å²) in [4.78, 5) is 11.1. The van der Waals surface area contributed by atoms with Crippen LogP contribution in [0.3, 0.4) is 0 Å². The molecule has 0 radical (unpaired) electrons. The molecule has 0 spiro atoms. The van der Waals surface area contributed by atoms with E-state index in [0.29, 0.717) is 23.9 Å². The van der Waals surface area contributed by atoms with Crippen molar-refractivity contribution in [2.75, 3.05) is 7.11 Å². The van der Waals surface area contributed by atoms with Crippen molar-refractivity contribution in [3.8, 4) is 0 Å². The van der Waals surface area contributed by atoms with Crippen LogP contribution in [0.2, 0.25) is 5.02 Å². The SMILES string of the molecule is COC(=O)Cc1nnc(CCn2nc(C)c(Cl)c2C)o1. The summed E-state index contributed by atoms with van der Waals surface area (Å²) in [6.07, 6.45) is 0.502. The van der Waals surface area contributed by atoms with Crippen molar-refractivity contribution in [3.63, 3.8) is 0 Å². The van der Waals surface area contributed by atoms with Crippen molar-refractivity contribution >= 4 is 17.6 Å². The van der Waals surface area contributed by atoms with Gasteiger partial charge < -0.3 is 9.15 Å². The number of hydrogen-bond acceptors (Lipinski definition) is 6. The molecule has 8 heteroatoms. The normalized spacial score (nSPS) is 10.8. The number of esters is 1. The maximum atomic E-state index is 11.1. The molecular weight excluding hydrogens is 284 g/mol. The Hall–Kier alpha value is -1.89. The minimum atomic E-state index is -0.412. The number of aromatic nitrogens is 4. The Morgan fingerprint density at radius 3 is 2.65 bits per heavy atom. The number of carbonyl (C=O) groups excluding carboxylic acids is 1. The molecule has 0 saturated carbocycles. The number of carbonyl (C=O) groups is 1. The predicted octanol–water partition coefficient (Wildman–Crippen LogP) is 1.49. The van der Waals surface area contributed by atoms with Gasteiger partial charge in [0.25, 0.3) is 0 Å². The van der Waals surface area contributed by atoms with Gasteiger partial charge in [0.15, 0.2) is 0 Å². The molecule has 0 amide bonds. The van der Waals surface area contributed by atoms with Crippen LogP contribution in [0.5, 0.6) is 0 Å². The zero-order valence-corrected chi connectivity index (χ0v) is 12.3. The van der Waals surface area contributed by atoms with Gasteiger partial charge in [0.05, 0.1) is 23.5 Å². The van der Waals surface area contributed by atoms with Crippen molar-refractivity contribution in [1.82, 2.24) is 20.0 Å². The van der Waals surface area contributed by atoms with Crippen LogP contribution >= 0.6 is 11.6 Å². The summed E-state index contributed by atoms with van der Waals surface area (Å²) in [5, 5.41) is 12.6. The van der Waals surface area contributed by atoms with E-state index >= 15 is 0 Å². The molecule has 0 saturated heterocycles. The summed E-state index contributed by atoms with van der Waals surface area (Å²) in [6.45, 7) is 4.34. The van der Waals surface area contributed by atoms with Gasteiger partial charge in [-0.15, -0.1) is 10.2 Å². The summed E-state index contributed by atoms with van der Waals surface area (Å²) < 4.78 is 11.7. The van der Waals surface area contributed by atoms with Gasteiger partial charge in [-0.05, 0) is 13.8 Å². The van der Waals surface area contributed by atoms with Gasteiger partial charge in [-0.25, -0.2) is 0 Å². The lowest BCUT2D eigenvalue weighted by Gasteiger charge is -2.01. The molecule has 0 unspecified atom stereocenters. The third kappa shape index (κ3) is 3.16. The van der Waals surface area contributed by atoms with E-state index in [1.165, 1.54) is 7.11 Å². The van der Waals surface area contributed by atoms with Crippen LogP contribution in [-0.4, -0.2) is 33.1 Å². The summed E-state index contributed by atoms with van der Waals surface area (Å²) >= 11 is 6.07. The van der Waals surface area contributed by atoms with Crippen LogP contribution in [0, 0.1) is 13.8 Å². The van der Waals surface area contributed by atoms with E-state index < -0.39 is 5.97 Å². The number of rotatable bonds is 5. The Balaban J connectivity index is 1.97. The van der Waals surface area contributed by atoms with E-state index in [1.54, 1.807) is 4.68 Å². The molecule has 0 fully saturated rings. The average Bonchev–Trinajstić information content (AvgIpc) is 2.97. The van der Waals surface area contributed by atoms with Crippen LogP contribution in [0.1, 0.15) is 23.2 Å². The van der Waals surface area contributed by atoms with Crippen molar-refractivity contribution in [3.05, 3.63) is 28.2 Å². The summed E-state index contributed by atoms with van der Waals surface area (Å²) in [7, 11) is 1.31. The lowest BCUT2D eigenvalue weighted by atomic mass is 10.4. The molecular formula is C12H15ClN4O3. The van der Waals surface area contributed by atoms with Gasteiger partial charge in [0.2, 0.25) is 11.8 Å². The lowest BCUT2D eigenvalue weighted by molar-refractivity contribution is -0.140. The van der Waals surface area contributed by atoms with Crippen LogP contribution in [-0.2, 0) is 28.9 Å². The second kappa shape index (κ2) is 6.04. The molecule has 0 N–H and O–H groups in total. The first-order valence-corrected chi connectivity index (χ1v) is 6.46. The molecule has 0 aliphatic heterocycles. The number of nitrogens with zero attached hydrogens (tertiary/aromatic N) is 4. The largest absolute Gasteiger partial charge is 0.469 e. The van der Waals surface area contributed by atoms with Gasteiger partial charge in [0.1, 0.15) is 6.42 Å². The highest BCUT2D eigenvalue weighted by atomic mass is 35.5. The fraction of sp³-hybridized carbons (Fsp3) is 0.500. The van der Waals surface area contributed by atoms with Crippen molar-refractivity contribution in [2.45, 2.75) is 33.2 Å². The molecule has 2 heterocycles. The van der Waals surface area contributed by atoms with E-state index in [2.05, 4.69) is 20.0 Å². The third-order valence-electron chi connectivity index (χ3n) is 2.86. The highest BCUT2D eigenvalue weighted by molar-refractivity contribution is 6.31. The minimum absolute atomic E-state index is 0.0186. The minimum Gasteiger partial charge on any atom is -0.469 e. The first-order valence-electron chi connectivity index (χ1n) is 6.09. The van der Waals surface area contributed by atoms with Crippen LogP contribution in [0.15, 0.2) is 4.42 Å². The van der Waals surface area contributed by atoms with Crippen LogP contribution < -0.4 is 0 Å². The zero-order chi connectivity index (χ0) is 14.7. The molecule has 20 heavy (non-hydrogen) atoms. The van der Waals surface area contributed by atoms with Crippen molar-refractivity contribution < 1.29 is 13.9 Å². The molecule has 2 aromatic heterocycles. The Morgan fingerprint density at radius 1 is 1.35 bits per heavy atom. The molecule has 0 bridgehead atoms. The summed E-state index contributed by atoms with van der Waals surface area (Å²) in [5.74, 6) is 0.288. The van der Waals surface area contributed by atoms with E-state index in [0.717, 1.165) is 11.4 Å². The number of ether oxygens (including phenoxy) is 1. The summed E-state index contributed by atoms with van der Waals surface area (Å²) in [5.41, 5.74) is 1.69. The van der Waals surface area contributed by atoms with Gasteiger partial charge in [-0.2, -0.15) is 5.10 Å². The van der Waals surface area contributed by atoms with Gasteiger partial charge >= 0.3 is 5.97 Å². The third-order valence-corrected chi connectivity index (χ3v) is 3.41. The molecule has 0 aromatic carbocycles. The van der Waals surface area contributed by atoms with E-state index in [4.69, 9.17) is 16.0 Å². The Morgan fingerprint density at radius 2 is 2.05 bits per heavy atom. The molecule has 2 rings (SSSR count). The van der Waals surface area contributed by atoms with Crippen molar-refractivity contribution in [2.24, 2.45) is 0 Å². The Bertz CT molecular complexity index is 620. The quantitative estimate of drug-likeness (QED) is 0.778.